The Kier molecular flexibility index (Phi) is 2.63. The number of aryl methyl sites for hydroxylation is 1. The number of hydrogen-bond acceptors (Lipinski definition) is 0. The molecule has 84 valence electrons. The molecule has 16 heavy (non-hydrogen) atoms. The summed E-state index contributed by atoms with van der Waals surface area (Å²) in [5.74, 6) is 0. The summed E-state index contributed by atoms with van der Waals surface area (Å²) in [5.41, 5.74) is 6.85. The van der Waals surface area contributed by atoms with Gasteiger partial charge in [-0.1, -0.05) is 23.8 Å². The van der Waals surface area contributed by atoms with Crippen molar-refractivity contribution in [3.8, 4) is 0 Å². The van der Waals surface area contributed by atoms with E-state index in [2.05, 4.69) is 63.6 Å². The Labute approximate surface area is 97.4 Å². The zero-order valence-electron chi connectivity index (χ0n) is 10.8. The van der Waals surface area contributed by atoms with E-state index in [1.165, 1.54) is 33.3 Å². The van der Waals surface area contributed by atoms with Crippen LogP contribution in [-0.2, 0) is 7.05 Å². The first-order valence-corrected chi connectivity index (χ1v) is 5.72. The Hall–Kier alpha value is -1.50. The lowest BCUT2D eigenvalue weighted by atomic mass is 10.0. The highest BCUT2D eigenvalue weighted by Gasteiger charge is 2.12. The first-order chi connectivity index (χ1) is 7.54. The van der Waals surface area contributed by atoms with Crippen LogP contribution in [0.4, 0.5) is 0 Å². The topological polar surface area (TPSA) is 4.93 Å². The van der Waals surface area contributed by atoms with E-state index >= 15 is 0 Å². The van der Waals surface area contributed by atoms with E-state index in [1.54, 1.807) is 0 Å². The number of para-hydroxylation sites is 1. The summed E-state index contributed by atoms with van der Waals surface area (Å²) < 4.78 is 2.27. The summed E-state index contributed by atoms with van der Waals surface area (Å²) in [6.07, 6.45) is 0. The van der Waals surface area contributed by atoms with Crippen molar-refractivity contribution >= 4 is 16.5 Å². The second kappa shape index (κ2) is 3.82. The Morgan fingerprint density at radius 3 is 2.31 bits per heavy atom. The summed E-state index contributed by atoms with van der Waals surface area (Å²) in [5, 5.41) is 1.36. The maximum Gasteiger partial charge on any atom is 0.0486 e. The normalized spacial score (nSPS) is 10.8. The van der Waals surface area contributed by atoms with E-state index in [4.69, 9.17) is 0 Å². The maximum absolute atomic E-state index is 2.27. The molecule has 2 aromatic rings. The summed E-state index contributed by atoms with van der Waals surface area (Å²) in [7, 11) is 2.14. The van der Waals surface area contributed by atoms with Crippen LogP contribution in [0.2, 0.25) is 0 Å². The molecule has 0 spiro atoms. The largest absolute Gasteiger partial charge is 0.347 e. The standard InChI is InChI=1S/C15H19N/c1-10(2)11(3)15-12(4)16(5)14-9-7-6-8-13(14)15/h6-9H,1-5H3. The number of hydrogen-bond donors (Lipinski definition) is 0. The molecular weight excluding hydrogens is 194 g/mol. The van der Waals surface area contributed by atoms with Gasteiger partial charge in [0.15, 0.2) is 0 Å². The van der Waals surface area contributed by atoms with Crippen molar-refractivity contribution in [1.82, 2.24) is 4.57 Å². The van der Waals surface area contributed by atoms with Crippen LogP contribution in [0, 0.1) is 6.92 Å². The molecular formula is C15H19N. The van der Waals surface area contributed by atoms with Crippen LogP contribution in [0.1, 0.15) is 32.0 Å². The van der Waals surface area contributed by atoms with E-state index in [1.807, 2.05) is 0 Å². The average molecular weight is 213 g/mol. The molecule has 2 rings (SSSR count). The molecule has 0 bridgehead atoms. The lowest BCUT2D eigenvalue weighted by Gasteiger charge is -2.05. The maximum atomic E-state index is 2.27. The molecule has 0 atom stereocenters. The number of allylic oxidation sites excluding steroid dienone is 2. The molecule has 0 fully saturated rings. The van der Waals surface area contributed by atoms with Crippen molar-refractivity contribution in [2.45, 2.75) is 27.7 Å². The number of fused-ring (bicyclic) bond motifs is 1. The minimum Gasteiger partial charge on any atom is -0.347 e. The molecule has 1 aromatic carbocycles. The molecule has 0 saturated carbocycles. The van der Waals surface area contributed by atoms with Gasteiger partial charge in [0, 0.05) is 29.2 Å². The zero-order chi connectivity index (χ0) is 11.9. The van der Waals surface area contributed by atoms with Gasteiger partial charge in [0.1, 0.15) is 0 Å². The van der Waals surface area contributed by atoms with Crippen LogP contribution in [0.5, 0.6) is 0 Å². The van der Waals surface area contributed by atoms with Crippen molar-refractivity contribution in [3.63, 3.8) is 0 Å². The second-order valence-electron chi connectivity index (χ2n) is 4.66. The molecule has 0 amide bonds. The number of aromatic nitrogens is 1. The lowest BCUT2D eigenvalue weighted by Crippen LogP contribution is -1.91. The van der Waals surface area contributed by atoms with Crippen molar-refractivity contribution < 1.29 is 0 Å². The monoisotopic (exact) mass is 213 g/mol. The Bertz CT molecular complexity index is 566. The Morgan fingerprint density at radius 1 is 1.06 bits per heavy atom. The predicted octanol–water partition coefficient (Wildman–Crippen LogP) is 4.30. The van der Waals surface area contributed by atoms with Gasteiger partial charge >= 0.3 is 0 Å². The fourth-order valence-electron chi connectivity index (χ4n) is 2.24. The SMILES string of the molecule is CC(C)=C(C)c1c(C)n(C)c2ccccc12. The highest BCUT2D eigenvalue weighted by Crippen LogP contribution is 2.31. The predicted molar refractivity (Wildman–Crippen MR) is 71.6 cm³/mol. The zero-order valence-corrected chi connectivity index (χ0v) is 10.8. The third kappa shape index (κ3) is 1.47. The average Bonchev–Trinajstić information content (AvgIpc) is 2.52. The van der Waals surface area contributed by atoms with Crippen LogP contribution in [0.25, 0.3) is 16.5 Å². The first kappa shape index (κ1) is 11.0. The van der Waals surface area contributed by atoms with Gasteiger partial charge in [-0.3, -0.25) is 0 Å². The van der Waals surface area contributed by atoms with Gasteiger partial charge in [0.2, 0.25) is 0 Å². The van der Waals surface area contributed by atoms with Crippen LogP contribution in [0.3, 0.4) is 0 Å². The molecule has 0 aliphatic rings. The first-order valence-electron chi connectivity index (χ1n) is 5.72. The van der Waals surface area contributed by atoms with Crippen LogP contribution in [0.15, 0.2) is 29.8 Å². The summed E-state index contributed by atoms with van der Waals surface area (Å²) in [4.78, 5) is 0. The highest BCUT2D eigenvalue weighted by atomic mass is 14.9. The lowest BCUT2D eigenvalue weighted by molar-refractivity contribution is 0.914. The van der Waals surface area contributed by atoms with Gasteiger partial charge in [-0.05, 0) is 39.3 Å². The van der Waals surface area contributed by atoms with E-state index in [0.717, 1.165) is 0 Å². The van der Waals surface area contributed by atoms with Crippen LogP contribution in [-0.4, -0.2) is 4.57 Å². The molecule has 0 radical (unpaired) electrons. The smallest absolute Gasteiger partial charge is 0.0486 e. The molecule has 1 heteroatoms. The summed E-state index contributed by atoms with van der Waals surface area (Å²) >= 11 is 0. The van der Waals surface area contributed by atoms with Gasteiger partial charge in [0.05, 0.1) is 0 Å². The molecule has 1 aromatic heterocycles. The molecule has 1 nitrogen and oxygen atoms in total. The number of nitrogens with zero attached hydrogens (tertiary/aromatic N) is 1. The van der Waals surface area contributed by atoms with Crippen molar-refractivity contribution in [1.29, 1.82) is 0 Å². The quantitative estimate of drug-likeness (QED) is 0.665. The molecule has 0 N–H and O–H groups in total. The van der Waals surface area contributed by atoms with E-state index < -0.39 is 0 Å². The Morgan fingerprint density at radius 2 is 1.69 bits per heavy atom. The third-order valence-corrected chi connectivity index (χ3v) is 3.52. The fraction of sp³-hybridized carbons (Fsp3) is 0.333. The second-order valence-corrected chi connectivity index (χ2v) is 4.66. The van der Waals surface area contributed by atoms with Crippen molar-refractivity contribution in [2.24, 2.45) is 7.05 Å². The minimum atomic E-state index is 1.32. The van der Waals surface area contributed by atoms with E-state index in [9.17, 15) is 0 Å². The van der Waals surface area contributed by atoms with Crippen LogP contribution >= 0.6 is 0 Å². The van der Waals surface area contributed by atoms with Crippen molar-refractivity contribution in [3.05, 3.63) is 41.1 Å². The van der Waals surface area contributed by atoms with E-state index in [-0.39, 0.29) is 0 Å². The molecule has 0 aliphatic carbocycles. The summed E-state index contributed by atoms with van der Waals surface area (Å²) in [6, 6.07) is 8.61. The summed E-state index contributed by atoms with van der Waals surface area (Å²) in [6.45, 7) is 8.76. The van der Waals surface area contributed by atoms with Gasteiger partial charge in [0.25, 0.3) is 0 Å². The molecule has 1 heterocycles. The number of benzene rings is 1. The highest BCUT2D eigenvalue weighted by molar-refractivity contribution is 5.94. The third-order valence-electron chi connectivity index (χ3n) is 3.52. The molecule has 0 saturated heterocycles. The molecule has 0 aliphatic heterocycles. The Balaban J connectivity index is 2.90. The van der Waals surface area contributed by atoms with Crippen molar-refractivity contribution in [2.75, 3.05) is 0 Å². The van der Waals surface area contributed by atoms with Gasteiger partial charge in [-0.2, -0.15) is 0 Å². The van der Waals surface area contributed by atoms with Gasteiger partial charge in [-0.15, -0.1) is 0 Å². The number of rotatable bonds is 1. The van der Waals surface area contributed by atoms with Crippen LogP contribution < -0.4 is 0 Å². The minimum absolute atomic E-state index is 1.32. The fourth-order valence-corrected chi connectivity index (χ4v) is 2.24. The molecule has 0 unspecified atom stereocenters. The van der Waals surface area contributed by atoms with Gasteiger partial charge in [-0.25, -0.2) is 0 Å². The van der Waals surface area contributed by atoms with Gasteiger partial charge < -0.3 is 4.57 Å². The van der Waals surface area contributed by atoms with E-state index in [0.29, 0.717) is 0 Å².